The number of aryl methyl sites for hydroxylation is 1. The quantitative estimate of drug-likeness (QED) is 0.415. The van der Waals surface area contributed by atoms with E-state index in [9.17, 15) is 4.79 Å². The summed E-state index contributed by atoms with van der Waals surface area (Å²) >= 11 is 0. The average molecular weight is 452 g/mol. The van der Waals surface area contributed by atoms with Gasteiger partial charge in [-0.15, -0.1) is 0 Å². The summed E-state index contributed by atoms with van der Waals surface area (Å²) in [4.78, 5) is 25.7. The number of rotatable bonds is 5. The second-order valence-corrected chi connectivity index (χ2v) is 9.33. The molecule has 6 rings (SSSR count). The lowest BCUT2D eigenvalue weighted by atomic mass is 9.79. The molecule has 0 bridgehead atoms. The molecule has 7 heteroatoms. The zero-order valence-corrected chi connectivity index (χ0v) is 18.9. The number of fused-ring (bicyclic) bond motifs is 1. The predicted octanol–water partition coefficient (Wildman–Crippen LogP) is 5.50. The number of anilines is 2. The van der Waals surface area contributed by atoms with Crippen LogP contribution in [-0.4, -0.2) is 20.9 Å². The number of hydrogen-bond donors (Lipinski definition) is 2. The van der Waals surface area contributed by atoms with E-state index in [1.54, 1.807) is 18.5 Å². The first-order valence-electron chi connectivity index (χ1n) is 11.6. The van der Waals surface area contributed by atoms with E-state index >= 15 is 0 Å². The van der Waals surface area contributed by atoms with Crippen molar-refractivity contribution in [2.45, 2.75) is 32.6 Å². The van der Waals surface area contributed by atoms with Gasteiger partial charge in [0.05, 0.1) is 11.3 Å². The predicted molar refractivity (Wildman–Crippen MR) is 131 cm³/mol. The van der Waals surface area contributed by atoms with Gasteiger partial charge in [0.15, 0.2) is 0 Å². The Morgan fingerprint density at radius 2 is 1.94 bits per heavy atom. The maximum atomic E-state index is 12.9. The van der Waals surface area contributed by atoms with E-state index in [0.29, 0.717) is 22.7 Å². The molecule has 1 amide bonds. The number of carbonyl (C=O) groups excluding carboxylic acids is 1. The van der Waals surface area contributed by atoms with E-state index in [1.807, 2.05) is 49.4 Å². The number of carbonyl (C=O) groups is 1. The Morgan fingerprint density at radius 3 is 2.71 bits per heavy atom. The van der Waals surface area contributed by atoms with Crippen molar-refractivity contribution in [1.29, 1.82) is 0 Å². The molecule has 1 atom stereocenters. The van der Waals surface area contributed by atoms with Crippen LogP contribution in [0.1, 0.15) is 31.2 Å². The zero-order valence-electron chi connectivity index (χ0n) is 18.9. The van der Waals surface area contributed by atoms with Crippen LogP contribution in [0.4, 0.5) is 11.6 Å². The molecule has 4 aromatic rings. The summed E-state index contributed by atoms with van der Waals surface area (Å²) in [6.45, 7) is 2.00. The lowest BCUT2D eigenvalue weighted by molar-refractivity contribution is -0.118. The minimum atomic E-state index is 0.128. The number of nitrogens with zero attached hydrogens (tertiary/aromatic N) is 3. The van der Waals surface area contributed by atoms with Crippen molar-refractivity contribution in [1.82, 2.24) is 15.0 Å². The molecule has 2 aliphatic rings. The molecule has 170 valence electrons. The number of nitrogen functional groups attached to an aromatic ring is 1. The van der Waals surface area contributed by atoms with Crippen molar-refractivity contribution >= 4 is 28.3 Å². The van der Waals surface area contributed by atoms with E-state index < -0.39 is 0 Å². The normalized spacial score (nSPS) is 17.9. The fraction of sp³-hybridized carbons (Fsp3) is 0.259. The SMILES string of the molecule is Cc1ccc2c(NC(=O)[C@H]3CC34CCC4)cccc2c1Oc1ncccc1-c1ccnc(N)n1. The van der Waals surface area contributed by atoms with E-state index in [2.05, 4.69) is 20.3 Å². The maximum absolute atomic E-state index is 12.9. The molecule has 2 heterocycles. The number of hydrogen-bond acceptors (Lipinski definition) is 6. The number of aromatic nitrogens is 3. The minimum absolute atomic E-state index is 0.128. The van der Waals surface area contributed by atoms with Gasteiger partial charge in [-0.25, -0.2) is 15.0 Å². The van der Waals surface area contributed by atoms with Crippen LogP contribution in [0.3, 0.4) is 0 Å². The number of nitrogens with two attached hydrogens (primary N) is 1. The van der Waals surface area contributed by atoms with Gasteiger partial charge in [-0.2, -0.15) is 0 Å². The van der Waals surface area contributed by atoms with Crippen LogP contribution >= 0.6 is 0 Å². The van der Waals surface area contributed by atoms with Crippen LogP contribution in [0, 0.1) is 18.3 Å². The molecule has 1 spiro atoms. The summed E-state index contributed by atoms with van der Waals surface area (Å²) in [5, 5.41) is 5.03. The first-order chi connectivity index (χ1) is 16.5. The highest BCUT2D eigenvalue weighted by atomic mass is 16.5. The molecule has 2 saturated carbocycles. The molecule has 0 unspecified atom stereocenters. The van der Waals surface area contributed by atoms with Gasteiger partial charge in [0.2, 0.25) is 17.7 Å². The summed E-state index contributed by atoms with van der Waals surface area (Å²) in [5.74, 6) is 1.58. The van der Waals surface area contributed by atoms with Gasteiger partial charge < -0.3 is 15.8 Å². The lowest BCUT2D eigenvalue weighted by Crippen LogP contribution is -2.23. The number of nitrogens with one attached hydrogen (secondary N) is 1. The maximum Gasteiger partial charge on any atom is 0.228 e. The highest BCUT2D eigenvalue weighted by molar-refractivity contribution is 6.06. The second-order valence-electron chi connectivity index (χ2n) is 9.33. The van der Waals surface area contributed by atoms with Crippen LogP contribution in [-0.2, 0) is 4.79 Å². The van der Waals surface area contributed by atoms with Gasteiger partial charge in [-0.1, -0.05) is 30.7 Å². The molecule has 2 fully saturated rings. The first-order valence-corrected chi connectivity index (χ1v) is 11.6. The number of ether oxygens (including phenoxy) is 1. The standard InChI is InChI=1S/C27H25N5O2/c1-16-8-9-17-18(5-2-7-21(17)31-24(33)20-15-27(20)11-4-12-27)23(16)34-25-19(6-3-13-29-25)22-10-14-30-26(28)32-22/h2-3,5-10,13-14,20H,4,11-12,15H2,1H3,(H,31,33)(H2,28,30,32)/t20-/m1/s1. The molecule has 2 aromatic carbocycles. The lowest BCUT2D eigenvalue weighted by Gasteiger charge is -2.26. The van der Waals surface area contributed by atoms with Gasteiger partial charge in [0.1, 0.15) is 5.75 Å². The molecule has 0 radical (unpaired) electrons. The Morgan fingerprint density at radius 1 is 1.06 bits per heavy atom. The van der Waals surface area contributed by atoms with E-state index in [4.69, 9.17) is 10.5 Å². The highest BCUT2D eigenvalue weighted by Gasteiger charge is 2.60. The van der Waals surface area contributed by atoms with Crippen LogP contribution in [0.15, 0.2) is 60.9 Å². The third kappa shape index (κ3) is 3.44. The number of pyridine rings is 1. The second kappa shape index (κ2) is 7.80. The first kappa shape index (κ1) is 20.6. The minimum Gasteiger partial charge on any atom is -0.437 e. The van der Waals surface area contributed by atoms with E-state index in [-0.39, 0.29) is 17.8 Å². The van der Waals surface area contributed by atoms with Gasteiger partial charge in [-0.3, -0.25) is 4.79 Å². The summed E-state index contributed by atoms with van der Waals surface area (Å²) < 4.78 is 6.40. The molecule has 3 N–H and O–H groups in total. The Kier molecular flexibility index (Phi) is 4.72. The Bertz CT molecular complexity index is 1430. The summed E-state index contributed by atoms with van der Waals surface area (Å²) in [7, 11) is 0. The van der Waals surface area contributed by atoms with Gasteiger partial charge >= 0.3 is 0 Å². The van der Waals surface area contributed by atoms with E-state index in [1.165, 1.54) is 19.3 Å². The summed E-state index contributed by atoms with van der Waals surface area (Å²) in [5.41, 5.74) is 9.20. The van der Waals surface area contributed by atoms with Crippen LogP contribution in [0.25, 0.3) is 22.0 Å². The number of benzene rings is 2. The molecule has 0 saturated heterocycles. The molecular formula is C27H25N5O2. The smallest absolute Gasteiger partial charge is 0.228 e. The Labute approximate surface area is 197 Å². The topological polar surface area (TPSA) is 103 Å². The fourth-order valence-electron chi connectivity index (χ4n) is 5.09. The average Bonchev–Trinajstić information content (AvgIpc) is 3.59. The number of amides is 1. The highest BCUT2D eigenvalue weighted by Crippen LogP contribution is 2.65. The van der Waals surface area contributed by atoms with Crippen LogP contribution in [0.2, 0.25) is 0 Å². The fourth-order valence-corrected chi connectivity index (χ4v) is 5.09. The third-order valence-corrected chi connectivity index (χ3v) is 7.24. The van der Waals surface area contributed by atoms with Crippen molar-refractivity contribution in [3.8, 4) is 22.9 Å². The molecule has 2 aromatic heterocycles. The van der Waals surface area contributed by atoms with Crippen molar-refractivity contribution in [2.24, 2.45) is 11.3 Å². The monoisotopic (exact) mass is 451 g/mol. The van der Waals surface area contributed by atoms with Crippen molar-refractivity contribution in [3.63, 3.8) is 0 Å². The molecule has 0 aliphatic heterocycles. The summed E-state index contributed by atoms with van der Waals surface area (Å²) in [6, 6.07) is 15.4. The molecular weight excluding hydrogens is 426 g/mol. The van der Waals surface area contributed by atoms with Crippen molar-refractivity contribution < 1.29 is 9.53 Å². The van der Waals surface area contributed by atoms with Gasteiger partial charge in [0, 0.05) is 34.8 Å². The molecule has 2 aliphatic carbocycles. The summed E-state index contributed by atoms with van der Waals surface area (Å²) in [6.07, 6.45) is 7.92. The van der Waals surface area contributed by atoms with Gasteiger partial charge in [-0.05, 0) is 61.4 Å². The molecule has 34 heavy (non-hydrogen) atoms. The zero-order chi connectivity index (χ0) is 23.3. The van der Waals surface area contributed by atoms with Gasteiger partial charge in [0.25, 0.3) is 0 Å². The van der Waals surface area contributed by atoms with Crippen molar-refractivity contribution in [2.75, 3.05) is 11.1 Å². The largest absolute Gasteiger partial charge is 0.437 e. The van der Waals surface area contributed by atoms with Crippen molar-refractivity contribution in [3.05, 3.63) is 66.5 Å². The third-order valence-electron chi connectivity index (χ3n) is 7.24. The Balaban J connectivity index is 1.36. The van der Waals surface area contributed by atoms with E-state index in [0.717, 1.165) is 34.0 Å². The van der Waals surface area contributed by atoms with Crippen LogP contribution in [0.5, 0.6) is 11.6 Å². The molecule has 7 nitrogen and oxygen atoms in total. The Hall–Kier alpha value is -4.00. The van der Waals surface area contributed by atoms with Crippen LogP contribution < -0.4 is 15.8 Å².